The molecule has 4 atom stereocenters. The van der Waals surface area contributed by atoms with Gasteiger partial charge in [-0.1, -0.05) is 83.1 Å². The van der Waals surface area contributed by atoms with E-state index in [-0.39, 0.29) is 58.6 Å². The normalized spacial score (nSPS) is 15.5. The quantitative estimate of drug-likeness (QED) is 0.0420. The van der Waals surface area contributed by atoms with Crippen LogP contribution in [0.25, 0.3) is 0 Å². The molecule has 4 heterocycles. The topological polar surface area (TPSA) is 299 Å². The zero-order valence-electron chi connectivity index (χ0n) is 49.5. The fourth-order valence-corrected chi connectivity index (χ4v) is 9.88. The van der Waals surface area contributed by atoms with E-state index in [2.05, 4.69) is 0 Å². The monoisotopic (exact) mass is 1540 g/mol. The van der Waals surface area contributed by atoms with E-state index in [4.69, 9.17) is 0 Å². The first kappa shape index (κ1) is 79.7. The third-order valence-corrected chi connectivity index (χ3v) is 13.8. The Bertz CT molecular complexity index is 3350. The summed E-state index contributed by atoms with van der Waals surface area (Å²) >= 11 is 0. The molecule has 0 fully saturated rings. The maximum atomic E-state index is 13.8. The van der Waals surface area contributed by atoms with Gasteiger partial charge in [-0.05, 0) is 21.7 Å². The number of benzene rings is 4. The summed E-state index contributed by atoms with van der Waals surface area (Å²) in [4.78, 5) is 143. The molecule has 514 valence electrons. The molecule has 4 N–H and O–H groups in total. The molecule has 4 aliphatic heterocycles. The van der Waals surface area contributed by atoms with Gasteiger partial charge < -0.3 is 20.4 Å². The Kier molecular flexibility index (Phi) is 22.9. The molecule has 0 bridgehead atoms. The van der Waals surface area contributed by atoms with Gasteiger partial charge in [-0.2, -0.15) is 0 Å². The largest absolute Gasteiger partial charge is 0.480 e. The van der Waals surface area contributed by atoms with Gasteiger partial charge in [0.25, 0.3) is 47.3 Å². The Morgan fingerprint density at radius 3 is 0.383 bits per heavy atom. The molecule has 20 nitrogen and oxygen atoms in total. The van der Waals surface area contributed by atoms with Crippen LogP contribution in [0.15, 0.2) is 0 Å². The Balaban J connectivity index is 0.000000325. The maximum absolute atomic E-state index is 13.8. The molecule has 0 saturated heterocycles. The van der Waals surface area contributed by atoms with E-state index < -0.39 is 255 Å². The fraction of sp³-hybridized carbons (Fsp3) is 0.357. The summed E-state index contributed by atoms with van der Waals surface area (Å²) in [5, 5.41) is 37.0. The summed E-state index contributed by atoms with van der Waals surface area (Å²) in [6.07, 6.45) is 0. The first-order chi connectivity index (χ1) is 41.6. The number of amides is 8. The molecular weight excluding hydrogens is 1490 g/mol. The summed E-state index contributed by atoms with van der Waals surface area (Å²) < 4.78 is 216. The summed E-state index contributed by atoms with van der Waals surface area (Å²) in [6, 6.07) is -7.11. The number of carbonyl (C=O) groups excluding carboxylic acids is 8. The predicted molar refractivity (Wildman–Crippen MR) is 271 cm³/mol. The third kappa shape index (κ3) is 13.2. The fourth-order valence-electron chi connectivity index (χ4n) is 9.88. The molecule has 4 aliphatic rings. The number of carboxylic acid groups (broad SMARTS) is 4. The van der Waals surface area contributed by atoms with E-state index in [9.17, 15) is 148 Å². The van der Waals surface area contributed by atoms with Crippen molar-refractivity contribution in [1.82, 2.24) is 19.6 Å². The second kappa shape index (κ2) is 27.0. The minimum atomic E-state index is -2.24. The van der Waals surface area contributed by atoms with Crippen molar-refractivity contribution in [2.75, 3.05) is 0 Å². The molecule has 4 aromatic carbocycles. The van der Waals surface area contributed by atoms with Gasteiger partial charge in [-0.25, -0.2) is 89.4 Å². The van der Waals surface area contributed by atoms with Crippen LogP contribution < -0.4 is 0 Å². The van der Waals surface area contributed by atoms with Gasteiger partial charge in [-0.3, -0.25) is 58.0 Å². The van der Waals surface area contributed by atoms with Crippen LogP contribution in [0.3, 0.4) is 0 Å². The number of hydrogen-bond acceptors (Lipinski definition) is 12. The Morgan fingerprint density at radius 1 is 0.234 bits per heavy atom. The summed E-state index contributed by atoms with van der Waals surface area (Å²) in [6.45, 7) is 16.5. The number of halogens is 16. The number of rotatable bonds is 8. The Hall–Kier alpha value is -8.55. The molecule has 94 heavy (non-hydrogen) atoms. The van der Waals surface area contributed by atoms with Crippen LogP contribution in [-0.4, -0.2) is 135 Å². The van der Waals surface area contributed by atoms with Crippen molar-refractivity contribution in [1.29, 1.82) is 0 Å². The van der Waals surface area contributed by atoms with Crippen LogP contribution >= 0.6 is 0 Å². The van der Waals surface area contributed by atoms with Crippen LogP contribution in [0.5, 0.6) is 0 Å². The number of aliphatic carboxylic acids is 4. The molecule has 2 radical (unpaired) electrons. The Labute approximate surface area is 542 Å². The zero-order chi connectivity index (χ0) is 71.4. The number of hydrogen-bond donors (Lipinski definition) is 4. The summed E-state index contributed by atoms with van der Waals surface area (Å²) in [5.41, 5.74) is -15.2. The van der Waals surface area contributed by atoms with Gasteiger partial charge in [0.15, 0.2) is 93.1 Å². The van der Waals surface area contributed by atoms with Gasteiger partial charge in [0.1, 0.15) is 24.2 Å². The SMILES string of the molecule is CC(C)(C)C(C(=O)O)N1C(=O)c2c(F)c(F)c(F)c(F)c2C1=O.CC(C)(C)[C@@H](C(=O)O)N1C(=O)c2c(F)c(F)c(F)c(F)c2C1=O.CC(C)(C)[C@@H](C(=O)O)N1C(=O)c2c(F)c(F)c(F)c(F)c2C1=O.CC(C)(C)[C@@H](C(=O)O)N1C(=O)c2c(F)c(F)c(F)c(F)c2C1=O.[Rh].[Rh]. The van der Waals surface area contributed by atoms with Crippen LogP contribution in [0.4, 0.5) is 70.2 Å². The van der Waals surface area contributed by atoms with Crippen LogP contribution in [-0.2, 0) is 58.1 Å². The molecule has 38 heteroatoms. The van der Waals surface area contributed by atoms with E-state index in [1.807, 2.05) is 0 Å². The van der Waals surface area contributed by atoms with Crippen LogP contribution in [0.2, 0.25) is 0 Å². The van der Waals surface area contributed by atoms with E-state index in [0.717, 1.165) is 0 Å². The average Bonchev–Trinajstić information content (AvgIpc) is 1.61. The molecular formula is C56H44F16N4O16Rh2. The van der Waals surface area contributed by atoms with Crippen LogP contribution in [0.1, 0.15) is 166 Å². The number of imide groups is 4. The van der Waals surface area contributed by atoms with Gasteiger partial charge in [0.05, 0.1) is 44.5 Å². The minimum Gasteiger partial charge on any atom is -0.480 e. The smallest absolute Gasteiger partial charge is 0.327 e. The number of nitrogens with zero attached hydrogens (tertiary/aromatic N) is 4. The predicted octanol–water partition coefficient (Wildman–Crippen LogP) is 9.35. The van der Waals surface area contributed by atoms with Gasteiger partial charge in [0.2, 0.25) is 0 Å². The van der Waals surface area contributed by atoms with E-state index in [1.54, 1.807) is 0 Å². The van der Waals surface area contributed by atoms with Crippen molar-refractivity contribution in [2.24, 2.45) is 21.7 Å². The first-order valence-electron chi connectivity index (χ1n) is 25.5. The first-order valence-corrected chi connectivity index (χ1v) is 25.5. The van der Waals surface area contributed by atoms with Gasteiger partial charge >= 0.3 is 23.9 Å². The Morgan fingerprint density at radius 2 is 0.319 bits per heavy atom. The van der Waals surface area contributed by atoms with Crippen molar-refractivity contribution in [3.63, 3.8) is 0 Å². The average molecular weight is 1540 g/mol. The van der Waals surface area contributed by atoms with Crippen LogP contribution in [0, 0.1) is 115 Å². The maximum Gasteiger partial charge on any atom is 0.327 e. The second-order valence-corrected chi connectivity index (χ2v) is 24.4. The molecule has 0 saturated carbocycles. The molecule has 8 amide bonds. The van der Waals surface area contributed by atoms with Crippen molar-refractivity contribution in [3.05, 3.63) is 138 Å². The number of fused-ring (bicyclic) bond motifs is 4. The van der Waals surface area contributed by atoms with Gasteiger partial charge in [-0.15, -0.1) is 0 Å². The molecule has 1 unspecified atom stereocenters. The number of carbonyl (C=O) groups is 12. The van der Waals surface area contributed by atoms with Crippen molar-refractivity contribution >= 4 is 71.1 Å². The molecule has 0 aliphatic carbocycles. The van der Waals surface area contributed by atoms with E-state index in [1.165, 1.54) is 83.1 Å². The molecule has 4 aromatic rings. The standard InChI is InChI=1S/4C14H11F4NO4.2Rh/c4*1-14(2,3)10(13(22)23)19-11(20)4-5(12(19)21)7(16)9(18)8(17)6(4)15;;/h4*10H,1-3H3,(H,22,23);;/t3*10-;;;/m111.../s1. The van der Waals surface area contributed by atoms with E-state index in [0.29, 0.717) is 0 Å². The van der Waals surface area contributed by atoms with Gasteiger partial charge in [0, 0.05) is 39.0 Å². The third-order valence-electron chi connectivity index (χ3n) is 13.8. The second-order valence-electron chi connectivity index (χ2n) is 24.4. The van der Waals surface area contributed by atoms with E-state index >= 15 is 0 Å². The van der Waals surface area contributed by atoms with Crippen molar-refractivity contribution in [3.8, 4) is 0 Å². The summed E-state index contributed by atoms with van der Waals surface area (Å²) in [7, 11) is 0. The molecule has 0 aromatic heterocycles. The molecule has 0 spiro atoms. The zero-order valence-corrected chi connectivity index (χ0v) is 52.8. The summed E-state index contributed by atoms with van der Waals surface area (Å²) in [5.74, 6) is -52.8. The number of carboxylic acids is 4. The van der Waals surface area contributed by atoms with Crippen molar-refractivity contribution < 1.29 is 187 Å². The van der Waals surface area contributed by atoms with Crippen molar-refractivity contribution in [2.45, 2.75) is 107 Å². The molecule has 8 rings (SSSR count). The minimum absolute atomic E-state index is 0.